The van der Waals surface area contributed by atoms with Gasteiger partial charge in [-0.1, -0.05) is 12.1 Å². The van der Waals surface area contributed by atoms with Gasteiger partial charge in [0, 0.05) is 16.7 Å². The highest BCUT2D eigenvalue weighted by molar-refractivity contribution is 8.00. The van der Waals surface area contributed by atoms with E-state index in [1.54, 1.807) is 23.9 Å². The summed E-state index contributed by atoms with van der Waals surface area (Å²) >= 11 is 8.07. The van der Waals surface area contributed by atoms with Gasteiger partial charge in [0.2, 0.25) is 0 Å². The van der Waals surface area contributed by atoms with E-state index in [9.17, 15) is 10.1 Å². The van der Waals surface area contributed by atoms with Gasteiger partial charge < -0.3 is 0 Å². The van der Waals surface area contributed by atoms with E-state index in [0.717, 1.165) is 4.90 Å². The summed E-state index contributed by atoms with van der Waals surface area (Å²) < 4.78 is 0. The minimum Gasteiger partial charge on any atom is -0.258 e. The number of nitro groups is 1. The Morgan fingerprint density at radius 3 is 2.67 bits per heavy atom. The van der Waals surface area contributed by atoms with Crippen molar-refractivity contribution in [1.29, 1.82) is 0 Å². The van der Waals surface area contributed by atoms with Crippen LogP contribution in [-0.4, -0.2) is 15.6 Å². The lowest BCUT2D eigenvalue weighted by molar-refractivity contribution is -0.387. The summed E-state index contributed by atoms with van der Waals surface area (Å²) in [6.07, 6.45) is 3.66. The molecule has 0 aliphatic heterocycles. The Hall–Kier alpha value is -0.740. The molecule has 0 N–H and O–H groups in total. The highest BCUT2D eigenvalue weighted by atomic mass is 35.5. The van der Waals surface area contributed by atoms with E-state index in [1.165, 1.54) is 19.3 Å². The molecule has 0 saturated heterocycles. The SMILES string of the molecule is O=[N+]([O-])c1ccccc1S[C@@H]1[C@H]2CC[C@@H](C2)[C@@H]1Cl. The zero-order chi connectivity index (χ0) is 12.7. The minimum absolute atomic E-state index is 0.175. The fourth-order valence-corrected chi connectivity index (χ4v) is 5.28. The van der Waals surface area contributed by atoms with Crippen molar-refractivity contribution in [2.45, 2.75) is 34.8 Å². The maximum absolute atomic E-state index is 11.0. The van der Waals surface area contributed by atoms with E-state index in [0.29, 0.717) is 17.1 Å². The standard InChI is InChI=1S/C13H14ClNO2S/c14-12-8-5-6-9(7-8)13(12)18-11-4-2-1-3-10(11)15(16)17/h1-4,8-9,12-13H,5-7H2/t8-,9-,12-,13+/m0/s1. The molecule has 2 saturated carbocycles. The maximum Gasteiger partial charge on any atom is 0.282 e. The van der Waals surface area contributed by atoms with Gasteiger partial charge in [0.15, 0.2) is 0 Å². The van der Waals surface area contributed by atoms with Crippen LogP contribution in [0.3, 0.4) is 0 Å². The van der Waals surface area contributed by atoms with Gasteiger partial charge in [-0.2, -0.15) is 0 Å². The minimum atomic E-state index is -0.307. The molecule has 3 nitrogen and oxygen atoms in total. The molecule has 2 fully saturated rings. The van der Waals surface area contributed by atoms with Crippen LogP contribution in [-0.2, 0) is 0 Å². The number of benzene rings is 1. The van der Waals surface area contributed by atoms with Crippen LogP contribution >= 0.6 is 23.4 Å². The number of nitro benzene ring substituents is 1. The molecular weight excluding hydrogens is 270 g/mol. The summed E-state index contributed by atoms with van der Waals surface area (Å²) in [6.45, 7) is 0. The number of thioether (sulfide) groups is 1. The van der Waals surface area contributed by atoms with Crippen LogP contribution in [0, 0.1) is 22.0 Å². The van der Waals surface area contributed by atoms with Crippen LogP contribution in [0.15, 0.2) is 29.2 Å². The summed E-state index contributed by atoms with van der Waals surface area (Å²) in [6, 6.07) is 6.96. The van der Waals surface area contributed by atoms with Crippen molar-refractivity contribution in [1.82, 2.24) is 0 Å². The second kappa shape index (κ2) is 4.74. The van der Waals surface area contributed by atoms with Crippen LogP contribution in [0.4, 0.5) is 5.69 Å². The third-order valence-electron chi connectivity index (χ3n) is 4.07. The molecule has 2 bridgehead atoms. The molecule has 0 amide bonds. The summed E-state index contributed by atoms with van der Waals surface area (Å²) in [5.41, 5.74) is 0.203. The fourth-order valence-electron chi connectivity index (χ4n) is 3.18. The predicted octanol–water partition coefficient (Wildman–Crippen LogP) is 4.09. The molecule has 0 heterocycles. The first-order chi connectivity index (χ1) is 8.66. The van der Waals surface area contributed by atoms with Crippen molar-refractivity contribution >= 4 is 29.1 Å². The Morgan fingerprint density at radius 2 is 2.00 bits per heavy atom. The van der Waals surface area contributed by atoms with Crippen molar-refractivity contribution < 1.29 is 4.92 Å². The first-order valence-electron chi connectivity index (χ1n) is 6.21. The molecule has 4 atom stereocenters. The van der Waals surface area contributed by atoms with Gasteiger partial charge in [-0.05, 0) is 37.2 Å². The van der Waals surface area contributed by atoms with Gasteiger partial charge in [0.25, 0.3) is 5.69 Å². The van der Waals surface area contributed by atoms with Crippen molar-refractivity contribution in [2.75, 3.05) is 0 Å². The van der Waals surface area contributed by atoms with Crippen molar-refractivity contribution in [3.63, 3.8) is 0 Å². The molecule has 2 aliphatic carbocycles. The van der Waals surface area contributed by atoms with E-state index in [-0.39, 0.29) is 16.0 Å². The molecular formula is C13H14ClNO2S. The molecule has 1 aromatic carbocycles. The Morgan fingerprint density at radius 1 is 1.28 bits per heavy atom. The predicted molar refractivity (Wildman–Crippen MR) is 73.2 cm³/mol. The lowest BCUT2D eigenvalue weighted by atomic mass is 10.00. The third-order valence-corrected chi connectivity index (χ3v) is 6.39. The number of para-hydroxylation sites is 1. The monoisotopic (exact) mass is 283 g/mol. The number of nitrogens with zero attached hydrogens (tertiary/aromatic N) is 1. The molecule has 1 aromatic rings. The maximum atomic E-state index is 11.0. The van der Waals surface area contributed by atoms with E-state index in [4.69, 9.17) is 11.6 Å². The lowest BCUT2D eigenvalue weighted by Crippen LogP contribution is -2.25. The second-order valence-corrected chi connectivity index (χ2v) is 6.81. The molecule has 0 radical (unpaired) electrons. The average molecular weight is 284 g/mol. The molecule has 0 aromatic heterocycles. The molecule has 96 valence electrons. The van der Waals surface area contributed by atoms with Crippen LogP contribution in [0.25, 0.3) is 0 Å². The Balaban J connectivity index is 1.83. The van der Waals surface area contributed by atoms with Gasteiger partial charge in [0.05, 0.1) is 9.82 Å². The fraction of sp³-hybridized carbons (Fsp3) is 0.538. The van der Waals surface area contributed by atoms with Gasteiger partial charge in [-0.3, -0.25) is 10.1 Å². The van der Waals surface area contributed by atoms with E-state index >= 15 is 0 Å². The van der Waals surface area contributed by atoms with Crippen molar-refractivity contribution in [2.24, 2.45) is 11.8 Å². The van der Waals surface area contributed by atoms with E-state index in [2.05, 4.69) is 0 Å². The molecule has 0 spiro atoms. The van der Waals surface area contributed by atoms with Crippen LogP contribution < -0.4 is 0 Å². The van der Waals surface area contributed by atoms with Crippen molar-refractivity contribution in [3.8, 4) is 0 Å². The summed E-state index contributed by atoms with van der Waals surface area (Å²) in [5, 5.41) is 11.5. The largest absolute Gasteiger partial charge is 0.282 e. The number of hydrogen-bond donors (Lipinski definition) is 0. The Kier molecular flexibility index (Phi) is 3.24. The van der Waals surface area contributed by atoms with Crippen LogP contribution in [0.2, 0.25) is 0 Å². The number of hydrogen-bond acceptors (Lipinski definition) is 3. The first kappa shape index (κ1) is 12.3. The average Bonchev–Trinajstić information content (AvgIpc) is 2.93. The molecule has 5 heteroatoms. The van der Waals surface area contributed by atoms with Crippen molar-refractivity contribution in [3.05, 3.63) is 34.4 Å². The zero-order valence-corrected chi connectivity index (χ0v) is 11.4. The first-order valence-corrected chi connectivity index (χ1v) is 7.52. The van der Waals surface area contributed by atoms with Crippen LogP contribution in [0.1, 0.15) is 19.3 Å². The van der Waals surface area contributed by atoms with Gasteiger partial charge in [-0.15, -0.1) is 23.4 Å². The summed E-state index contributed by atoms with van der Waals surface area (Å²) in [4.78, 5) is 11.4. The highest BCUT2D eigenvalue weighted by Gasteiger charge is 2.47. The number of rotatable bonds is 3. The quantitative estimate of drug-likeness (QED) is 0.477. The normalized spacial score (nSPS) is 33.8. The van der Waals surface area contributed by atoms with E-state index in [1.807, 2.05) is 12.1 Å². The third kappa shape index (κ3) is 2.01. The number of alkyl halides is 1. The zero-order valence-electron chi connectivity index (χ0n) is 9.79. The van der Waals surface area contributed by atoms with Crippen LogP contribution in [0.5, 0.6) is 0 Å². The number of fused-ring (bicyclic) bond motifs is 2. The summed E-state index contributed by atoms with van der Waals surface area (Å²) in [7, 11) is 0. The van der Waals surface area contributed by atoms with Gasteiger partial charge >= 0.3 is 0 Å². The molecule has 18 heavy (non-hydrogen) atoms. The Bertz CT molecular complexity index is 480. The molecule has 0 unspecified atom stereocenters. The van der Waals surface area contributed by atoms with Gasteiger partial charge in [0.1, 0.15) is 0 Å². The smallest absolute Gasteiger partial charge is 0.258 e. The second-order valence-electron chi connectivity index (χ2n) is 5.08. The Labute approximate surface area is 115 Å². The highest BCUT2D eigenvalue weighted by Crippen LogP contribution is 2.54. The summed E-state index contributed by atoms with van der Waals surface area (Å²) in [5.74, 6) is 1.26. The number of halogens is 1. The lowest BCUT2D eigenvalue weighted by Gasteiger charge is -2.25. The molecule has 3 rings (SSSR count). The van der Waals surface area contributed by atoms with E-state index < -0.39 is 0 Å². The molecule has 2 aliphatic rings. The topological polar surface area (TPSA) is 43.1 Å². The van der Waals surface area contributed by atoms with Gasteiger partial charge in [-0.25, -0.2) is 0 Å².